The topological polar surface area (TPSA) is 105 Å². The largest absolute Gasteiger partial charge is 0.442 e. The molecule has 0 radical (unpaired) electrons. The normalized spacial score (nSPS) is 20.4. The summed E-state index contributed by atoms with van der Waals surface area (Å²) in [6.07, 6.45) is -0.264. The highest BCUT2D eigenvalue weighted by Crippen LogP contribution is 2.32. The minimum absolute atomic E-state index is 0.00613. The van der Waals surface area contributed by atoms with Crippen molar-refractivity contribution >= 4 is 34.7 Å². The summed E-state index contributed by atoms with van der Waals surface area (Å²) in [5.74, 6) is -0.0296. The van der Waals surface area contributed by atoms with Gasteiger partial charge in [0.1, 0.15) is 11.9 Å². The van der Waals surface area contributed by atoms with E-state index >= 15 is 4.39 Å². The molecule has 4 heterocycles. The molecule has 2 aromatic heterocycles. The number of cyclic esters (lactones) is 1. The predicted octanol–water partition coefficient (Wildman–Crippen LogP) is 2.45. The van der Waals surface area contributed by atoms with Crippen LogP contribution in [-0.4, -0.2) is 64.5 Å². The average molecular weight is 472 g/mol. The van der Waals surface area contributed by atoms with Crippen LogP contribution in [0.4, 0.5) is 20.6 Å². The monoisotopic (exact) mass is 471 g/mol. The van der Waals surface area contributed by atoms with Crippen LogP contribution < -0.4 is 15.1 Å². The maximum absolute atomic E-state index is 15.0. The summed E-state index contributed by atoms with van der Waals surface area (Å²) in [6, 6.07) is 8.60. The molecule has 5 rings (SSSR count). The van der Waals surface area contributed by atoms with Gasteiger partial charge in [0.15, 0.2) is 0 Å². The Balaban J connectivity index is 1.25. The number of carbonyl (C=O) groups is 2. The van der Waals surface area contributed by atoms with Crippen molar-refractivity contribution in [2.24, 2.45) is 0 Å². The van der Waals surface area contributed by atoms with E-state index in [4.69, 9.17) is 4.74 Å². The number of amides is 2. The first kappa shape index (κ1) is 21.3. The molecule has 172 valence electrons. The van der Waals surface area contributed by atoms with Crippen molar-refractivity contribution in [3.63, 3.8) is 0 Å². The molecule has 2 saturated heterocycles. The quantitative estimate of drug-likeness (QED) is 0.589. The number of carbonyl (C=O) groups excluding carboxylic acids is 2. The van der Waals surface area contributed by atoms with Gasteiger partial charge in [-0.25, -0.2) is 9.18 Å². The molecular formula is C21H22FN7O3S. The van der Waals surface area contributed by atoms with Gasteiger partial charge >= 0.3 is 6.09 Å². The first-order valence-corrected chi connectivity index (χ1v) is 11.5. The number of tetrazole rings is 1. The van der Waals surface area contributed by atoms with E-state index in [1.165, 1.54) is 17.9 Å². The van der Waals surface area contributed by atoms with Crippen molar-refractivity contribution in [1.82, 2.24) is 25.5 Å². The smallest absolute Gasteiger partial charge is 0.414 e. The lowest BCUT2D eigenvalue weighted by Crippen LogP contribution is -2.33. The number of nitrogens with zero attached hydrogens (tertiary/aromatic N) is 6. The first-order valence-electron chi connectivity index (χ1n) is 10.6. The fourth-order valence-electron chi connectivity index (χ4n) is 4.05. The van der Waals surface area contributed by atoms with Gasteiger partial charge in [0.2, 0.25) is 11.7 Å². The van der Waals surface area contributed by atoms with E-state index in [-0.39, 0.29) is 25.0 Å². The summed E-state index contributed by atoms with van der Waals surface area (Å²) in [4.78, 5) is 29.2. The van der Waals surface area contributed by atoms with Crippen LogP contribution in [0.1, 0.15) is 19.4 Å². The zero-order valence-corrected chi connectivity index (χ0v) is 18.7. The van der Waals surface area contributed by atoms with E-state index < -0.39 is 18.0 Å². The van der Waals surface area contributed by atoms with Gasteiger partial charge in [0.05, 0.1) is 35.4 Å². The number of anilines is 2. The van der Waals surface area contributed by atoms with Crippen LogP contribution in [0.15, 0.2) is 35.7 Å². The van der Waals surface area contributed by atoms with Crippen LogP contribution in [0.2, 0.25) is 0 Å². The molecule has 1 aromatic carbocycles. The van der Waals surface area contributed by atoms with Crippen molar-refractivity contribution in [3.8, 4) is 10.7 Å². The Morgan fingerprint density at radius 2 is 2.21 bits per heavy atom. The standard InChI is InChI=1S/C21H22FN7O3S/c1-13(30)23-10-16-12-28(21(31)32-16)14-4-5-18(17(22)9-14)27-7-6-15(11-27)29-25-20(24-26-29)19-3-2-8-33-19/h2-5,8-9,15-16H,6-7,10-12H2,1H3,(H,23,30)/t15-,16-/m0/s1. The molecule has 0 saturated carbocycles. The van der Waals surface area contributed by atoms with E-state index in [2.05, 4.69) is 20.7 Å². The molecule has 1 N–H and O–H groups in total. The summed E-state index contributed by atoms with van der Waals surface area (Å²) in [6.45, 7) is 3.07. The second kappa shape index (κ2) is 8.77. The zero-order valence-electron chi connectivity index (χ0n) is 17.8. The summed E-state index contributed by atoms with van der Waals surface area (Å²) < 4.78 is 20.3. The van der Waals surface area contributed by atoms with Crippen molar-refractivity contribution in [3.05, 3.63) is 41.5 Å². The molecule has 0 spiro atoms. The molecule has 33 heavy (non-hydrogen) atoms. The van der Waals surface area contributed by atoms with Gasteiger partial charge in [-0.2, -0.15) is 4.80 Å². The van der Waals surface area contributed by atoms with E-state index in [1.807, 2.05) is 22.4 Å². The van der Waals surface area contributed by atoms with Crippen LogP contribution >= 0.6 is 11.3 Å². The second-order valence-corrected chi connectivity index (χ2v) is 8.94. The number of aromatic nitrogens is 4. The van der Waals surface area contributed by atoms with Gasteiger partial charge in [-0.3, -0.25) is 9.69 Å². The number of benzene rings is 1. The SMILES string of the molecule is CC(=O)NC[C@H]1CN(c2ccc(N3CC[C@H](n4nnc(-c5cccs5)n4)C3)c(F)c2)C(=O)O1. The van der Waals surface area contributed by atoms with E-state index in [1.54, 1.807) is 28.3 Å². The highest BCUT2D eigenvalue weighted by Gasteiger charge is 2.33. The number of ether oxygens (including phenoxy) is 1. The van der Waals surface area contributed by atoms with Crippen LogP contribution in [0.3, 0.4) is 0 Å². The maximum Gasteiger partial charge on any atom is 0.414 e. The molecule has 2 atom stereocenters. The molecule has 2 aliphatic rings. The number of thiophene rings is 1. The molecule has 2 fully saturated rings. The van der Waals surface area contributed by atoms with Gasteiger partial charge < -0.3 is 15.0 Å². The van der Waals surface area contributed by atoms with Crippen LogP contribution in [0.5, 0.6) is 0 Å². The summed E-state index contributed by atoms with van der Waals surface area (Å²) in [7, 11) is 0. The van der Waals surface area contributed by atoms with Crippen LogP contribution in [0.25, 0.3) is 10.7 Å². The molecular weight excluding hydrogens is 449 g/mol. The Bertz CT molecular complexity index is 1170. The van der Waals surface area contributed by atoms with Crippen molar-refractivity contribution in [2.75, 3.05) is 36.0 Å². The lowest BCUT2D eigenvalue weighted by molar-refractivity contribution is -0.119. The fraction of sp³-hybridized carbons (Fsp3) is 0.381. The average Bonchev–Trinajstić information content (AvgIpc) is 3.58. The first-order chi connectivity index (χ1) is 16.0. The molecule has 0 aliphatic carbocycles. The van der Waals surface area contributed by atoms with Crippen molar-refractivity contribution in [2.45, 2.75) is 25.5 Å². The molecule has 2 aliphatic heterocycles. The van der Waals surface area contributed by atoms with Gasteiger partial charge in [0, 0.05) is 20.0 Å². The highest BCUT2D eigenvalue weighted by atomic mass is 32.1. The van der Waals surface area contributed by atoms with Crippen LogP contribution in [0, 0.1) is 5.82 Å². The number of rotatable bonds is 6. The zero-order chi connectivity index (χ0) is 22.9. The summed E-state index contributed by atoms with van der Waals surface area (Å²) in [5, 5.41) is 17.4. The van der Waals surface area contributed by atoms with Gasteiger partial charge in [-0.05, 0) is 41.3 Å². The Morgan fingerprint density at radius 3 is 2.97 bits per heavy atom. The third-order valence-electron chi connectivity index (χ3n) is 5.70. The molecule has 0 bridgehead atoms. The van der Waals surface area contributed by atoms with E-state index in [0.29, 0.717) is 30.3 Å². The Kier molecular flexibility index (Phi) is 5.67. The Labute approximate surface area is 192 Å². The summed E-state index contributed by atoms with van der Waals surface area (Å²) in [5.41, 5.74) is 0.878. The van der Waals surface area contributed by atoms with Gasteiger partial charge in [0.25, 0.3) is 0 Å². The highest BCUT2D eigenvalue weighted by molar-refractivity contribution is 7.13. The molecule has 12 heteroatoms. The predicted molar refractivity (Wildman–Crippen MR) is 120 cm³/mol. The molecule has 3 aromatic rings. The van der Waals surface area contributed by atoms with E-state index in [9.17, 15) is 9.59 Å². The second-order valence-electron chi connectivity index (χ2n) is 7.99. The minimum Gasteiger partial charge on any atom is -0.442 e. The number of halogens is 1. The van der Waals surface area contributed by atoms with Crippen LogP contribution in [-0.2, 0) is 9.53 Å². The molecule has 2 amide bonds. The van der Waals surface area contributed by atoms with Gasteiger partial charge in [-0.1, -0.05) is 6.07 Å². The third-order valence-corrected chi connectivity index (χ3v) is 6.56. The minimum atomic E-state index is -0.558. The Hall–Kier alpha value is -3.54. The fourth-order valence-corrected chi connectivity index (χ4v) is 4.70. The number of hydrogen-bond donors (Lipinski definition) is 1. The maximum atomic E-state index is 15.0. The lowest BCUT2D eigenvalue weighted by atomic mass is 10.2. The van der Waals surface area contributed by atoms with Crippen molar-refractivity contribution in [1.29, 1.82) is 0 Å². The van der Waals surface area contributed by atoms with Gasteiger partial charge in [-0.15, -0.1) is 21.5 Å². The third kappa shape index (κ3) is 4.38. The molecule has 10 nitrogen and oxygen atoms in total. The summed E-state index contributed by atoms with van der Waals surface area (Å²) >= 11 is 1.55. The Morgan fingerprint density at radius 1 is 1.33 bits per heavy atom. The molecule has 0 unspecified atom stereocenters. The van der Waals surface area contributed by atoms with E-state index in [0.717, 1.165) is 11.3 Å². The number of hydrogen-bond acceptors (Lipinski definition) is 8. The van der Waals surface area contributed by atoms with Crippen molar-refractivity contribution < 1.29 is 18.7 Å². The lowest BCUT2D eigenvalue weighted by Gasteiger charge is -2.21. The number of nitrogens with one attached hydrogen (secondary N) is 1.